The molecule has 0 saturated carbocycles. The standard InChI is InChI=1S/C24H29N5O2S/c30-21(27-16-14-26(15-17-27)19-7-3-1-4-8-19)9-13-29-23(31)22-20(10-18-32-22)25-24(29)28-11-5-2-6-12-28/h1,3-4,7-8,10,18H,2,5-6,9,11-17H2. The van der Waals surface area contributed by atoms with Crippen LogP contribution in [0.5, 0.6) is 0 Å². The number of rotatable bonds is 5. The van der Waals surface area contributed by atoms with Crippen molar-refractivity contribution in [2.24, 2.45) is 0 Å². The number of anilines is 2. The van der Waals surface area contributed by atoms with Crippen molar-refractivity contribution < 1.29 is 4.79 Å². The first-order valence-electron chi connectivity index (χ1n) is 11.5. The highest BCUT2D eigenvalue weighted by Gasteiger charge is 2.23. The monoisotopic (exact) mass is 451 g/mol. The second-order valence-corrected chi connectivity index (χ2v) is 9.42. The Kier molecular flexibility index (Phi) is 6.12. The van der Waals surface area contributed by atoms with Crippen molar-refractivity contribution in [3.63, 3.8) is 0 Å². The molecular formula is C24H29N5O2S. The van der Waals surface area contributed by atoms with Crippen LogP contribution in [0, 0.1) is 0 Å². The van der Waals surface area contributed by atoms with Crippen LogP contribution in [0.2, 0.25) is 0 Å². The number of nitrogens with zero attached hydrogens (tertiary/aromatic N) is 5. The quantitative estimate of drug-likeness (QED) is 0.596. The Morgan fingerprint density at radius 2 is 1.66 bits per heavy atom. The minimum absolute atomic E-state index is 0.0210. The van der Waals surface area contributed by atoms with Gasteiger partial charge in [-0.25, -0.2) is 4.98 Å². The Bertz CT molecular complexity index is 1130. The lowest BCUT2D eigenvalue weighted by molar-refractivity contribution is -0.131. The zero-order chi connectivity index (χ0) is 21.9. The minimum atomic E-state index is -0.0210. The van der Waals surface area contributed by atoms with Crippen LogP contribution in [0.1, 0.15) is 25.7 Å². The number of para-hydroxylation sites is 1. The third kappa shape index (κ3) is 4.24. The van der Waals surface area contributed by atoms with E-state index >= 15 is 0 Å². The second kappa shape index (κ2) is 9.32. The maximum absolute atomic E-state index is 13.2. The minimum Gasteiger partial charge on any atom is -0.368 e. The first kappa shape index (κ1) is 21.0. The molecule has 0 bridgehead atoms. The third-order valence-electron chi connectivity index (χ3n) is 6.49. The topological polar surface area (TPSA) is 61.7 Å². The Labute approximate surface area is 191 Å². The Morgan fingerprint density at radius 3 is 2.41 bits per heavy atom. The van der Waals surface area contributed by atoms with E-state index in [1.54, 1.807) is 4.57 Å². The van der Waals surface area contributed by atoms with Crippen molar-refractivity contribution in [2.45, 2.75) is 32.2 Å². The molecule has 2 aromatic heterocycles. The van der Waals surface area contributed by atoms with Gasteiger partial charge in [-0.05, 0) is 42.8 Å². The zero-order valence-corrected chi connectivity index (χ0v) is 19.1. The number of aromatic nitrogens is 2. The maximum atomic E-state index is 13.2. The van der Waals surface area contributed by atoms with Crippen molar-refractivity contribution in [1.29, 1.82) is 0 Å². The van der Waals surface area contributed by atoms with Gasteiger partial charge in [-0.2, -0.15) is 0 Å². The van der Waals surface area contributed by atoms with Crippen molar-refractivity contribution in [2.75, 3.05) is 49.1 Å². The number of amides is 1. The van der Waals surface area contributed by atoms with Gasteiger partial charge in [0, 0.05) is 57.9 Å². The van der Waals surface area contributed by atoms with Crippen LogP contribution < -0.4 is 15.4 Å². The molecule has 0 radical (unpaired) electrons. The second-order valence-electron chi connectivity index (χ2n) is 8.50. The van der Waals surface area contributed by atoms with Gasteiger partial charge in [0.2, 0.25) is 11.9 Å². The predicted molar refractivity (Wildman–Crippen MR) is 130 cm³/mol. The molecular weight excluding hydrogens is 422 g/mol. The molecule has 1 amide bonds. The normalized spacial score (nSPS) is 17.2. The van der Waals surface area contributed by atoms with Crippen molar-refractivity contribution in [1.82, 2.24) is 14.5 Å². The van der Waals surface area contributed by atoms with Crippen molar-refractivity contribution >= 4 is 39.1 Å². The van der Waals surface area contributed by atoms with Gasteiger partial charge in [0.1, 0.15) is 4.70 Å². The molecule has 2 fully saturated rings. The van der Waals surface area contributed by atoms with E-state index in [1.807, 2.05) is 34.5 Å². The van der Waals surface area contributed by atoms with Gasteiger partial charge in [-0.3, -0.25) is 14.2 Å². The summed E-state index contributed by atoms with van der Waals surface area (Å²) in [5.74, 6) is 0.836. The summed E-state index contributed by atoms with van der Waals surface area (Å²) in [6.07, 6.45) is 3.77. The Morgan fingerprint density at radius 1 is 0.906 bits per heavy atom. The number of carbonyl (C=O) groups excluding carboxylic acids is 1. The zero-order valence-electron chi connectivity index (χ0n) is 18.3. The number of carbonyl (C=O) groups is 1. The van der Waals surface area contributed by atoms with E-state index in [9.17, 15) is 9.59 Å². The first-order chi connectivity index (χ1) is 15.7. The highest BCUT2D eigenvalue weighted by atomic mass is 32.1. The van der Waals surface area contributed by atoms with E-state index in [-0.39, 0.29) is 11.5 Å². The average molecular weight is 452 g/mol. The molecule has 5 rings (SSSR count). The summed E-state index contributed by atoms with van der Waals surface area (Å²) in [5, 5.41) is 1.92. The fraction of sp³-hybridized carbons (Fsp3) is 0.458. The van der Waals surface area contributed by atoms with Gasteiger partial charge in [-0.1, -0.05) is 18.2 Å². The molecule has 2 aliphatic heterocycles. The summed E-state index contributed by atoms with van der Waals surface area (Å²) in [6, 6.07) is 12.2. The SMILES string of the molecule is O=C(CCn1c(N2CCCCC2)nc2ccsc2c1=O)N1CCN(c2ccccc2)CC1. The Hall–Kier alpha value is -2.87. The number of hydrogen-bond donors (Lipinski definition) is 0. The predicted octanol–water partition coefficient (Wildman–Crippen LogP) is 3.19. The summed E-state index contributed by atoms with van der Waals surface area (Å²) in [5.41, 5.74) is 1.94. The van der Waals surface area contributed by atoms with Gasteiger partial charge in [0.15, 0.2) is 0 Å². The van der Waals surface area contributed by atoms with Gasteiger partial charge in [0.25, 0.3) is 5.56 Å². The van der Waals surface area contributed by atoms with Crippen LogP contribution in [-0.4, -0.2) is 59.6 Å². The molecule has 0 N–H and O–H groups in total. The van der Waals surface area contributed by atoms with Crippen LogP contribution in [0.15, 0.2) is 46.6 Å². The van der Waals surface area contributed by atoms with E-state index in [0.29, 0.717) is 30.8 Å². The van der Waals surface area contributed by atoms with E-state index < -0.39 is 0 Å². The van der Waals surface area contributed by atoms with Crippen LogP contribution in [0.4, 0.5) is 11.6 Å². The maximum Gasteiger partial charge on any atom is 0.272 e. The van der Waals surface area contributed by atoms with Crippen LogP contribution in [0.25, 0.3) is 10.2 Å². The summed E-state index contributed by atoms with van der Waals surface area (Å²) >= 11 is 1.43. The lowest BCUT2D eigenvalue weighted by atomic mass is 10.1. The molecule has 3 aromatic rings. The summed E-state index contributed by atoms with van der Waals surface area (Å²) in [7, 11) is 0. The number of fused-ring (bicyclic) bond motifs is 1. The molecule has 4 heterocycles. The lowest BCUT2D eigenvalue weighted by Gasteiger charge is -2.36. The van der Waals surface area contributed by atoms with Gasteiger partial charge in [0.05, 0.1) is 5.52 Å². The number of piperidine rings is 1. The Balaban J connectivity index is 1.28. The number of benzene rings is 1. The van der Waals surface area contributed by atoms with E-state index in [4.69, 9.17) is 4.98 Å². The highest BCUT2D eigenvalue weighted by molar-refractivity contribution is 7.17. The molecule has 0 unspecified atom stereocenters. The van der Waals surface area contributed by atoms with Gasteiger partial charge in [-0.15, -0.1) is 11.3 Å². The molecule has 0 spiro atoms. The van der Waals surface area contributed by atoms with Crippen molar-refractivity contribution in [3.8, 4) is 0 Å². The lowest BCUT2D eigenvalue weighted by Crippen LogP contribution is -2.49. The van der Waals surface area contributed by atoms with E-state index in [2.05, 4.69) is 21.9 Å². The molecule has 2 aliphatic rings. The smallest absolute Gasteiger partial charge is 0.272 e. The van der Waals surface area contributed by atoms with Crippen LogP contribution >= 0.6 is 11.3 Å². The molecule has 0 aliphatic carbocycles. The van der Waals surface area contributed by atoms with Gasteiger partial charge >= 0.3 is 0 Å². The molecule has 1 aromatic carbocycles. The molecule has 0 atom stereocenters. The average Bonchev–Trinajstić information content (AvgIpc) is 3.33. The van der Waals surface area contributed by atoms with Crippen molar-refractivity contribution in [3.05, 3.63) is 52.1 Å². The summed E-state index contributed by atoms with van der Waals surface area (Å²) in [6.45, 7) is 5.29. The first-order valence-corrected chi connectivity index (χ1v) is 12.4. The van der Waals surface area contributed by atoms with Gasteiger partial charge < -0.3 is 14.7 Å². The molecule has 32 heavy (non-hydrogen) atoms. The largest absolute Gasteiger partial charge is 0.368 e. The van der Waals surface area contributed by atoms with E-state index in [1.165, 1.54) is 23.4 Å². The summed E-state index contributed by atoms with van der Waals surface area (Å²) < 4.78 is 2.41. The number of hydrogen-bond acceptors (Lipinski definition) is 6. The third-order valence-corrected chi connectivity index (χ3v) is 7.38. The molecule has 8 heteroatoms. The van der Waals surface area contributed by atoms with Crippen LogP contribution in [-0.2, 0) is 11.3 Å². The molecule has 7 nitrogen and oxygen atoms in total. The number of thiophene rings is 1. The molecule has 168 valence electrons. The molecule has 2 saturated heterocycles. The fourth-order valence-electron chi connectivity index (χ4n) is 4.69. The number of piperazine rings is 1. The fourth-order valence-corrected chi connectivity index (χ4v) is 5.47. The summed E-state index contributed by atoms with van der Waals surface area (Å²) in [4.78, 5) is 37.5. The highest BCUT2D eigenvalue weighted by Crippen LogP contribution is 2.22. The van der Waals surface area contributed by atoms with E-state index in [0.717, 1.165) is 50.5 Å². The van der Waals surface area contributed by atoms with Crippen LogP contribution in [0.3, 0.4) is 0 Å².